The van der Waals surface area contributed by atoms with Gasteiger partial charge >= 0.3 is 5.97 Å². The van der Waals surface area contributed by atoms with Gasteiger partial charge in [0, 0.05) is 24.9 Å². The number of nitrogens with zero attached hydrogens (tertiary/aromatic N) is 1. The molecule has 1 aliphatic rings. The lowest BCUT2D eigenvalue weighted by atomic mass is 10.1. The van der Waals surface area contributed by atoms with Crippen LogP contribution >= 0.6 is 0 Å². The topological polar surface area (TPSA) is 69.6 Å². The van der Waals surface area contributed by atoms with E-state index in [0.29, 0.717) is 13.1 Å². The van der Waals surface area contributed by atoms with Crippen molar-refractivity contribution in [1.29, 1.82) is 0 Å². The number of hydrogen-bond donors (Lipinski definition) is 2. The molecule has 1 aromatic rings. The third-order valence-electron chi connectivity index (χ3n) is 2.97. The van der Waals surface area contributed by atoms with Crippen LogP contribution in [0, 0.1) is 6.92 Å². The van der Waals surface area contributed by atoms with E-state index in [2.05, 4.69) is 5.32 Å². The Bertz CT molecular complexity index is 537. The third-order valence-corrected chi connectivity index (χ3v) is 2.97. The second-order valence-corrected chi connectivity index (χ2v) is 4.51. The van der Waals surface area contributed by atoms with Crippen LogP contribution < -0.4 is 10.2 Å². The van der Waals surface area contributed by atoms with Gasteiger partial charge in [0.2, 0.25) is 5.91 Å². The molecule has 0 aromatic heterocycles. The molecule has 1 saturated heterocycles. The molecule has 5 heteroatoms. The molecule has 0 aliphatic carbocycles. The van der Waals surface area contributed by atoms with Crippen LogP contribution in [0.3, 0.4) is 0 Å². The van der Waals surface area contributed by atoms with Gasteiger partial charge in [0.15, 0.2) is 0 Å². The van der Waals surface area contributed by atoms with E-state index in [9.17, 15) is 9.59 Å². The minimum absolute atomic E-state index is 0.0139. The molecular formula is C14H16N2O3. The van der Waals surface area contributed by atoms with Crippen LogP contribution in [0.2, 0.25) is 0 Å². The Hall–Kier alpha value is -2.30. The lowest BCUT2D eigenvalue weighted by molar-refractivity contribution is -0.131. The number of carboxylic acids is 1. The zero-order valence-electron chi connectivity index (χ0n) is 10.7. The molecule has 0 spiro atoms. The molecule has 19 heavy (non-hydrogen) atoms. The van der Waals surface area contributed by atoms with E-state index in [4.69, 9.17) is 5.11 Å². The maximum atomic E-state index is 11.4. The van der Waals surface area contributed by atoms with Crippen molar-refractivity contribution in [3.63, 3.8) is 0 Å². The van der Waals surface area contributed by atoms with E-state index in [1.165, 1.54) is 0 Å². The van der Waals surface area contributed by atoms with E-state index in [1.54, 1.807) is 6.08 Å². The van der Waals surface area contributed by atoms with Gasteiger partial charge in [-0.1, -0.05) is 11.6 Å². The number of rotatable bonds is 3. The van der Waals surface area contributed by atoms with E-state index >= 15 is 0 Å². The summed E-state index contributed by atoms with van der Waals surface area (Å²) in [6.45, 7) is 3.58. The number of carbonyl (C=O) groups excluding carboxylic acids is 1. The molecule has 0 atom stereocenters. The van der Waals surface area contributed by atoms with E-state index in [1.807, 2.05) is 30.0 Å². The maximum Gasteiger partial charge on any atom is 0.328 e. The number of aryl methyl sites for hydroxylation is 1. The van der Waals surface area contributed by atoms with Gasteiger partial charge in [-0.05, 0) is 30.7 Å². The third kappa shape index (κ3) is 3.34. The molecule has 2 N–H and O–H groups in total. The van der Waals surface area contributed by atoms with Crippen LogP contribution in [0.5, 0.6) is 0 Å². The fourth-order valence-corrected chi connectivity index (χ4v) is 2.10. The largest absolute Gasteiger partial charge is 0.478 e. The van der Waals surface area contributed by atoms with Crippen LogP contribution in [-0.2, 0) is 9.59 Å². The summed E-state index contributed by atoms with van der Waals surface area (Å²) in [7, 11) is 0. The van der Waals surface area contributed by atoms with Gasteiger partial charge in [-0.25, -0.2) is 4.79 Å². The van der Waals surface area contributed by atoms with E-state index < -0.39 is 5.97 Å². The van der Waals surface area contributed by atoms with Gasteiger partial charge < -0.3 is 15.3 Å². The molecule has 0 radical (unpaired) electrons. The van der Waals surface area contributed by atoms with Crippen molar-refractivity contribution in [3.8, 4) is 0 Å². The molecule has 1 aromatic carbocycles. The zero-order valence-corrected chi connectivity index (χ0v) is 10.7. The summed E-state index contributed by atoms with van der Waals surface area (Å²) in [6, 6.07) is 5.80. The van der Waals surface area contributed by atoms with Gasteiger partial charge in [0.25, 0.3) is 0 Å². The van der Waals surface area contributed by atoms with Crippen molar-refractivity contribution >= 4 is 23.6 Å². The number of aliphatic carboxylic acids is 1. The molecule has 1 aliphatic heterocycles. The summed E-state index contributed by atoms with van der Waals surface area (Å²) in [4.78, 5) is 24.0. The minimum Gasteiger partial charge on any atom is -0.478 e. The number of carbonyl (C=O) groups is 2. The molecule has 1 amide bonds. The maximum absolute atomic E-state index is 11.4. The van der Waals surface area contributed by atoms with Gasteiger partial charge in [-0.3, -0.25) is 4.79 Å². The smallest absolute Gasteiger partial charge is 0.328 e. The van der Waals surface area contributed by atoms with Crippen molar-refractivity contribution in [2.75, 3.05) is 24.5 Å². The van der Waals surface area contributed by atoms with Gasteiger partial charge in [-0.2, -0.15) is 0 Å². The highest BCUT2D eigenvalue weighted by Crippen LogP contribution is 2.24. The first kappa shape index (κ1) is 13.1. The summed E-state index contributed by atoms with van der Waals surface area (Å²) in [5.41, 5.74) is 2.75. The first-order valence-electron chi connectivity index (χ1n) is 6.09. The standard InChI is InChI=1S/C14H16N2O3/c1-10-2-4-12(11(8-10)3-5-14(18)19)16-7-6-15-13(17)9-16/h2-5,8H,6-7,9H2,1H3,(H,15,17)(H,18,19)/b5-3+. The van der Waals surface area contributed by atoms with Gasteiger partial charge in [-0.15, -0.1) is 0 Å². The number of hydrogen-bond acceptors (Lipinski definition) is 3. The van der Waals surface area contributed by atoms with Crippen molar-refractivity contribution in [2.24, 2.45) is 0 Å². The first-order valence-corrected chi connectivity index (χ1v) is 6.09. The lowest BCUT2D eigenvalue weighted by Gasteiger charge is -2.30. The van der Waals surface area contributed by atoms with Gasteiger partial charge in [0.1, 0.15) is 0 Å². The Kier molecular flexibility index (Phi) is 3.85. The minimum atomic E-state index is -0.983. The van der Waals surface area contributed by atoms with Crippen molar-refractivity contribution in [3.05, 3.63) is 35.4 Å². The van der Waals surface area contributed by atoms with Crippen molar-refractivity contribution in [1.82, 2.24) is 5.32 Å². The predicted octanol–water partition coefficient (Wildman–Crippen LogP) is 1.03. The molecule has 2 rings (SSSR count). The van der Waals surface area contributed by atoms with Gasteiger partial charge in [0.05, 0.1) is 6.54 Å². The lowest BCUT2D eigenvalue weighted by Crippen LogP contribution is -2.47. The number of benzene rings is 1. The normalized spacial score (nSPS) is 15.6. The van der Waals surface area contributed by atoms with Crippen LogP contribution in [0.25, 0.3) is 6.08 Å². The molecule has 0 saturated carbocycles. The molecule has 0 unspecified atom stereocenters. The number of amides is 1. The van der Waals surface area contributed by atoms with E-state index in [0.717, 1.165) is 29.4 Å². The zero-order chi connectivity index (χ0) is 13.8. The molecular weight excluding hydrogens is 244 g/mol. The number of anilines is 1. The van der Waals surface area contributed by atoms with Crippen molar-refractivity contribution < 1.29 is 14.7 Å². The highest BCUT2D eigenvalue weighted by atomic mass is 16.4. The fourth-order valence-electron chi connectivity index (χ4n) is 2.10. The average Bonchev–Trinajstić information content (AvgIpc) is 2.36. The SMILES string of the molecule is Cc1ccc(N2CCNC(=O)C2)c(/C=C/C(=O)O)c1. The Morgan fingerprint density at radius 2 is 2.26 bits per heavy atom. The molecule has 1 heterocycles. The van der Waals surface area contributed by atoms with Crippen LogP contribution in [0.15, 0.2) is 24.3 Å². The number of piperazine rings is 1. The second-order valence-electron chi connectivity index (χ2n) is 4.51. The predicted molar refractivity (Wildman–Crippen MR) is 73.1 cm³/mol. The fraction of sp³-hybridized carbons (Fsp3) is 0.286. The molecule has 100 valence electrons. The van der Waals surface area contributed by atoms with Crippen LogP contribution in [0.4, 0.5) is 5.69 Å². The van der Waals surface area contributed by atoms with E-state index in [-0.39, 0.29) is 5.91 Å². The summed E-state index contributed by atoms with van der Waals surface area (Å²) in [6.07, 6.45) is 2.68. The molecule has 5 nitrogen and oxygen atoms in total. The Morgan fingerprint density at radius 3 is 2.95 bits per heavy atom. The summed E-state index contributed by atoms with van der Waals surface area (Å²) < 4.78 is 0. The highest BCUT2D eigenvalue weighted by molar-refractivity contribution is 5.88. The average molecular weight is 260 g/mol. The Balaban J connectivity index is 2.33. The van der Waals surface area contributed by atoms with Crippen LogP contribution in [0.1, 0.15) is 11.1 Å². The monoisotopic (exact) mass is 260 g/mol. The summed E-state index contributed by atoms with van der Waals surface area (Å²) in [5, 5.41) is 11.5. The number of nitrogens with one attached hydrogen (secondary N) is 1. The number of carboxylic acid groups (broad SMARTS) is 1. The Labute approximate surface area is 111 Å². The summed E-state index contributed by atoms with van der Waals surface area (Å²) in [5.74, 6) is -0.996. The highest BCUT2D eigenvalue weighted by Gasteiger charge is 2.18. The molecule has 0 bridgehead atoms. The Morgan fingerprint density at radius 1 is 1.47 bits per heavy atom. The quantitative estimate of drug-likeness (QED) is 0.796. The van der Waals surface area contributed by atoms with Crippen molar-refractivity contribution in [2.45, 2.75) is 6.92 Å². The summed E-state index contributed by atoms with van der Waals surface area (Å²) >= 11 is 0. The second kappa shape index (κ2) is 5.56. The first-order chi connectivity index (χ1) is 9.06. The molecule has 1 fully saturated rings. The van der Waals surface area contributed by atoms with Crippen LogP contribution in [-0.4, -0.2) is 36.6 Å².